The molecule has 1 amide bonds. The van der Waals surface area contributed by atoms with Crippen LogP contribution in [-0.2, 0) is 0 Å². The van der Waals surface area contributed by atoms with Crippen molar-refractivity contribution < 1.29 is 4.79 Å². The highest BCUT2D eigenvalue weighted by Gasteiger charge is 2.11. The number of nitrogens with zero attached hydrogens (tertiary/aromatic N) is 3. The molecule has 0 spiro atoms. The highest BCUT2D eigenvalue weighted by atomic mass is 16.2. The third-order valence-corrected chi connectivity index (χ3v) is 2.57. The van der Waals surface area contributed by atoms with Crippen LogP contribution in [0.2, 0.25) is 0 Å². The quantitative estimate of drug-likeness (QED) is 0.748. The minimum Gasteiger partial charge on any atom is -0.331 e. The van der Waals surface area contributed by atoms with E-state index in [0.717, 1.165) is 5.69 Å². The fraction of sp³-hybridized carbons (Fsp3) is 0. The number of para-hydroxylation sites is 1. The number of hydrogen-bond acceptors (Lipinski definition) is 3. The molecular formula is C13H11N5O. The van der Waals surface area contributed by atoms with E-state index in [0.29, 0.717) is 11.6 Å². The first-order valence-corrected chi connectivity index (χ1v) is 5.75. The Balaban J connectivity index is 1.80. The Labute approximate surface area is 109 Å². The van der Waals surface area contributed by atoms with Crippen LogP contribution in [0.15, 0.2) is 55.0 Å². The first-order valence-electron chi connectivity index (χ1n) is 5.75. The summed E-state index contributed by atoms with van der Waals surface area (Å²) in [5.41, 5.74) is 1.24. The van der Waals surface area contributed by atoms with E-state index in [1.807, 2.05) is 30.3 Å². The van der Waals surface area contributed by atoms with Crippen molar-refractivity contribution in [3.63, 3.8) is 0 Å². The topological polar surface area (TPSA) is 75.6 Å². The summed E-state index contributed by atoms with van der Waals surface area (Å²) in [5.74, 6) is 0.101. The van der Waals surface area contributed by atoms with Crippen molar-refractivity contribution >= 4 is 11.9 Å². The van der Waals surface area contributed by atoms with E-state index in [4.69, 9.17) is 0 Å². The molecule has 0 aliphatic rings. The van der Waals surface area contributed by atoms with E-state index >= 15 is 0 Å². The van der Waals surface area contributed by atoms with Crippen LogP contribution in [0.3, 0.4) is 0 Å². The van der Waals surface area contributed by atoms with Gasteiger partial charge in [0.2, 0.25) is 5.95 Å². The van der Waals surface area contributed by atoms with Gasteiger partial charge in [0.1, 0.15) is 0 Å². The minimum atomic E-state index is -0.301. The number of rotatable bonds is 3. The Morgan fingerprint density at radius 3 is 2.79 bits per heavy atom. The zero-order chi connectivity index (χ0) is 13.1. The molecule has 0 unspecified atom stereocenters. The normalized spacial score (nSPS) is 10.3. The fourth-order valence-corrected chi connectivity index (χ4v) is 1.67. The third kappa shape index (κ3) is 2.37. The summed E-state index contributed by atoms with van der Waals surface area (Å²) in [6.07, 6.45) is 4.95. The van der Waals surface area contributed by atoms with Gasteiger partial charge in [-0.15, -0.1) is 0 Å². The second-order valence-corrected chi connectivity index (χ2v) is 3.87. The fourth-order valence-electron chi connectivity index (χ4n) is 1.67. The number of aromatic amines is 1. The van der Waals surface area contributed by atoms with Crippen molar-refractivity contribution in [1.29, 1.82) is 0 Å². The van der Waals surface area contributed by atoms with E-state index in [1.165, 1.54) is 0 Å². The molecule has 0 aliphatic heterocycles. The van der Waals surface area contributed by atoms with E-state index < -0.39 is 0 Å². The van der Waals surface area contributed by atoms with Crippen molar-refractivity contribution in [2.24, 2.45) is 0 Å². The molecule has 3 rings (SSSR count). The van der Waals surface area contributed by atoms with Gasteiger partial charge in [-0.1, -0.05) is 18.2 Å². The van der Waals surface area contributed by atoms with E-state index in [1.54, 1.807) is 29.3 Å². The second-order valence-electron chi connectivity index (χ2n) is 3.87. The van der Waals surface area contributed by atoms with Crippen LogP contribution in [0.4, 0.5) is 5.95 Å². The predicted octanol–water partition coefficient (Wildman–Crippen LogP) is 1.85. The molecule has 0 aliphatic carbocycles. The average molecular weight is 253 g/mol. The number of H-pyrrole nitrogens is 1. The van der Waals surface area contributed by atoms with E-state index in [-0.39, 0.29) is 5.91 Å². The van der Waals surface area contributed by atoms with Crippen LogP contribution < -0.4 is 5.32 Å². The van der Waals surface area contributed by atoms with Crippen LogP contribution >= 0.6 is 0 Å². The van der Waals surface area contributed by atoms with Gasteiger partial charge in [-0.05, 0) is 18.2 Å². The molecular weight excluding hydrogens is 242 g/mol. The zero-order valence-electron chi connectivity index (χ0n) is 9.95. The third-order valence-electron chi connectivity index (χ3n) is 2.57. The first-order chi connectivity index (χ1) is 9.33. The Morgan fingerprint density at radius 2 is 2.05 bits per heavy atom. The summed E-state index contributed by atoms with van der Waals surface area (Å²) < 4.78 is 1.65. The largest absolute Gasteiger partial charge is 0.331 e. The Bertz CT molecular complexity index is 672. The average Bonchev–Trinajstić information content (AvgIpc) is 3.10. The number of hydrogen-bond donors (Lipinski definition) is 2. The Kier molecular flexibility index (Phi) is 2.82. The molecule has 2 aromatic heterocycles. The monoisotopic (exact) mass is 253 g/mol. The smallest absolute Gasteiger partial charge is 0.278 e. The summed E-state index contributed by atoms with van der Waals surface area (Å²) in [5, 5.41) is 6.85. The van der Waals surface area contributed by atoms with Gasteiger partial charge in [-0.3, -0.25) is 10.1 Å². The number of benzene rings is 1. The summed E-state index contributed by atoms with van der Waals surface area (Å²) in [6.45, 7) is 0. The lowest BCUT2D eigenvalue weighted by molar-refractivity contribution is 0.102. The van der Waals surface area contributed by atoms with E-state index in [9.17, 15) is 4.79 Å². The van der Waals surface area contributed by atoms with Gasteiger partial charge in [-0.25, -0.2) is 9.67 Å². The second kappa shape index (κ2) is 4.77. The van der Waals surface area contributed by atoms with Crippen LogP contribution in [0, 0.1) is 0 Å². The summed E-state index contributed by atoms with van der Waals surface area (Å²) in [7, 11) is 0. The molecule has 0 atom stereocenters. The maximum absolute atomic E-state index is 11.9. The number of aromatic nitrogens is 4. The highest BCUT2D eigenvalue weighted by molar-refractivity contribution is 6.01. The molecule has 94 valence electrons. The van der Waals surface area contributed by atoms with Gasteiger partial charge >= 0.3 is 0 Å². The molecule has 0 bridgehead atoms. The molecule has 19 heavy (non-hydrogen) atoms. The summed E-state index contributed by atoms with van der Waals surface area (Å²) in [4.78, 5) is 18.6. The number of carbonyl (C=O) groups excluding carboxylic acids is 1. The molecule has 0 saturated heterocycles. The number of nitrogens with one attached hydrogen (secondary N) is 2. The molecule has 0 saturated carbocycles. The van der Waals surface area contributed by atoms with Gasteiger partial charge in [0.05, 0.1) is 5.69 Å². The number of imidazole rings is 1. The van der Waals surface area contributed by atoms with Crippen molar-refractivity contribution in [2.75, 3.05) is 5.32 Å². The van der Waals surface area contributed by atoms with Gasteiger partial charge in [0.15, 0.2) is 5.69 Å². The van der Waals surface area contributed by atoms with Crippen molar-refractivity contribution in [3.8, 4) is 5.69 Å². The predicted molar refractivity (Wildman–Crippen MR) is 70.1 cm³/mol. The molecule has 2 heterocycles. The minimum absolute atomic E-state index is 0.301. The SMILES string of the molecule is O=C(Nc1ncc[nH]1)c1ccn(-c2ccccc2)n1. The van der Waals surface area contributed by atoms with Crippen LogP contribution in [-0.4, -0.2) is 25.7 Å². The van der Waals surface area contributed by atoms with Gasteiger partial charge in [0, 0.05) is 18.6 Å². The van der Waals surface area contributed by atoms with E-state index in [2.05, 4.69) is 20.4 Å². The summed E-state index contributed by atoms with van der Waals surface area (Å²) >= 11 is 0. The first kappa shape index (κ1) is 11.2. The number of amides is 1. The zero-order valence-corrected chi connectivity index (χ0v) is 9.95. The molecule has 6 nitrogen and oxygen atoms in total. The van der Waals surface area contributed by atoms with Gasteiger partial charge in [-0.2, -0.15) is 5.10 Å². The number of anilines is 1. The molecule has 1 aromatic carbocycles. The van der Waals surface area contributed by atoms with Crippen LogP contribution in [0.1, 0.15) is 10.5 Å². The van der Waals surface area contributed by atoms with Crippen molar-refractivity contribution in [3.05, 3.63) is 60.7 Å². The maximum Gasteiger partial charge on any atom is 0.278 e. The summed E-state index contributed by atoms with van der Waals surface area (Å²) in [6, 6.07) is 11.3. The van der Waals surface area contributed by atoms with Crippen molar-refractivity contribution in [2.45, 2.75) is 0 Å². The molecule has 0 fully saturated rings. The molecule has 6 heteroatoms. The highest BCUT2D eigenvalue weighted by Crippen LogP contribution is 2.08. The number of carbonyl (C=O) groups is 1. The van der Waals surface area contributed by atoms with Crippen LogP contribution in [0.25, 0.3) is 5.69 Å². The van der Waals surface area contributed by atoms with Gasteiger partial charge < -0.3 is 4.98 Å². The Morgan fingerprint density at radius 1 is 1.21 bits per heavy atom. The van der Waals surface area contributed by atoms with Crippen molar-refractivity contribution in [1.82, 2.24) is 19.7 Å². The lowest BCUT2D eigenvalue weighted by atomic mass is 10.3. The molecule has 3 aromatic rings. The molecule has 0 radical (unpaired) electrons. The lowest BCUT2D eigenvalue weighted by Crippen LogP contribution is -2.14. The maximum atomic E-state index is 11.9. The molecule has 2 N–H and O–H groups in total. The van der Waals surface area contributed by atoms with Crippen LogP contribution in [0.5, 0.6) is 0 Å². The standard InChI is InChI=1S/C13H11N5O/c19-12(16-13-14-7-8-15-13)11-6-9-18(17-11)10-4-2-1-3-5-10/h1-9H,(H2,14,15,16,19). The van der Waals surface area contributed by atoms with Gasteiger partial charge in [0.25, 0.3) is 5.91 Å². The lowest BCUT2D eigenvalue weighted by Gasteiger charge is -2.00. The Hall–Kier alpha value is -2.89.